The highest BCUT2D eigenvalue weighted by molar-refractivity contribution is 6.21. The molecule has 2 saturated heterocycles. The van der Waals surface area contributed by atoms with E-state index < -0.39 is 6.04 Å². The lowest BCUT2D eigenvalue weighted by atomic mass is 10.1. The molecule has 8 heteroatoms. The first kappa shape index (κ1) is 16.7. The van der Waals surface area contributed by atoms with Crippen LogP contribution in [0.15, 0.2) is 36.7 Å². The van der Waals surface area contributed by atoms with E-state index in [-0.39, 0.29) is 18.0 Å². The number of imidazole rings is 1. The van der Waals surface area contributed by atoms with Crippen LogP contribution in [-0.2, 0) is 11.3 Å². The van der Waals surface area contributed by atoms with Gasteiger partial charge in [-0.2, -0.15) is 0 Å². The van der Waals surface area contributed by atoms with Crippen molar-refractivity contribution in [1.82, 2.24) is 19.4 Å². The Morgan fingerprint density at radius 1 is 1.19 bits per heavy atom. The standard InChI is InChI=1S/C18H22N6O2/c1-21(2)11-15-20-8-10-22(15)12-3-5-13(6-4-12)24-17(25)16-14(19)7-9-23(16)18(24)26/h3-6,8,10,14,16H,7,9,11,19H2,1-2H3/t14-,16+/m1/s1. The monoisotopic (exact) mass is 354 g/mol. The van der Waals surface area contributed by atoms with Gasteiger partial charge in [0.05, 0.1) is 12.2 Å². The Balaban J connectivity index is 1.60. The number of benzene rings is 1. The summed E-state index contributed by atoms with van der Waals surface area (Å²) in [5, 5.41) is 0. The highest BCUT2D eigenvalue weighted by Crippen LogP contribution is 2.31. The molecule has 0 radical (unpaired) electrons. The first-order chi connectivity index (χ1) is 12.5. The number of nitrogens with two attached hydrogens (primary N) is 1. The molecule has 2 fully saturated rings. The van der Waals surface area contributed by atoms with Gasteiger partial charge in [0.1, 0.15) is 11.9 Å². The molecule has 0 spiro atoms. The summed E-state index contributed by atoms with van der Waals surface area (Å²) in [4.78, 5) is 34.5. The number of carbonyl (C=O) groups is 2. The summed E-state index contributed by atoms with van der Waals surface area (Å²) in [5.74, 6) is 0.686. The van der Waals surface area contributed by atoms with Crippen molar-refractivity contribution in [3.63, 3.8) is 0 Å². The molecule has 1 aromatic carbocycles. The predicted octanol–water partition coefficient (Wildman–Crippen LogP) is 0.802. The summed E-state index contributed by atoms with van der Waals surface area (Å²) in [6.07, 6.45) is 4.33. The Labute approximate surface area is 151 Å². The Hall–Kier alpha value is -2.71. The minimum atomic E-state index is -0.525. The van der Waals surface area contributed by atoms with E-state index in [4.69, 9.17) is 5.73 Å². The van der Waals surface area contributed by atoms with E-state index in [2.05, 4.69) is 4.98 Å². The van der Waals surface area contributed by atoms with Gasteiger partial charge in [0.25, 0.3) is 5.91 Å². The van der Waals surface area contributed by atoms with Gasteiger partial charge in [0.2, 0.25) is 0 Å². The summed E-state index contributed by atoms with van der Waals surface area (Å²) in [7, 11) is 3.98. The molecule has 0 bridgehead atoms. The third-order valence-corrected chi connectivity index (χ3v) is 4.92. The fraction of sp³-hybridized carbons (Fsp3) is 0.389. The maximum atomic E-state index is 12.7. The molecule has 8 nitrogen and oxygen atoms in total. The van der Waals surface area contributed by atoms with Crippen molar-refractivity contribution in [1.29, 1.82) is 0 Å². The zero-order valence-corrected chi connectivity index (χ0v) is 14.9. The van der Waals surface area contributed by atoms with Crippen LogP contribution in [0.2, 0.25) is 0 Å². The molecule has 26 heavy (non-hydrogen) atoms. The van der Waals surface area contributed by atoms with Crippen molar-refractivity contribution in [3.05, 3.63) is 42.5 Å². The van der Waals surface area contributed by atoms with E-state index >= 15 is 0 Å². The van der Waals surface area contributed by atoms with Crippen LogP contribution in [0, 0.1) is 0 Å². The number of anilines is 1. The Morgan fingerprint density at radius 2 is 1.88 bits per heavy atom. The van der Waals surface area contributed by atoms with Crippen molar-refractivity contribution in [2.24, 2.45) is 5.73 Å². The zero-order valence-electron chi connectivity index (χ0n) is 14.9. The fourth-order valence-corrected chi connectivity index (χ4v) is 3.67. The second kappa shape index (κ2) is 6.22. The molecular weight excluding hydrogens is 332 g/mol. The molecule has 0 aliphatic carbocycles. The molecule has 4 rings (SSSR count). The number of amides is 3. The molecule has 3 amide bonds. The Bertz CT molecular complexity index is 844. The average Bonchev–Trinajstić information content (AvgIpc) is 3.27. The first-order valence-electron chi connectivity index (χ1n) is 8.65. The van der Waals surface area contributed by atoms with E-state index in [1.165, 1.54) is 4.90 Å². The topological polar surface area (TPSA) is 87.7 Å². The maximum absolute atomic E-state index is 12.7. The number of urea groups is 1. The molecule has 2 atom stereocenters. The van der Waals surface area contributed by atoms with Crippen molar-refractivity contribution in [2.75, 3.05) is 25.5 Å². The molecule has 136 valence electrons. The number of nitrogens with zero attached hydrogens (tertiary/aromatic N) is 5. The lowest BCUT2D eigenvalue weighted by Crippen LogP contribution is -2.41. The minimum absolute atomic E-state index is 0.233. The number of rotatable bonds is 4. The van der Waals surface area contributed by atoms with Crippen LogP contribution in [0.1, 0.15) is 12.2 Å². The average molecular weight is 354 g/mol. The third kappa shape index (κ3) is 2.58. The van der Waals surface area contributed by atoms with Gasteiger partial charge >= 0.3 is 6.03 Å². The lowest BCUT2D eigenvalue weighted by molar-refractivity contribution is -0.119. The number of carbonyl (C=O) groups excluding carboxylic acids is 2. The number of imide groups is 1. The zero-order chi connectivity index (χ0) is 18.4. The molecular formula is C18H22N6O2. The van der Waals surface area contributed by atoms with Gasteiger partial charge in [-0.05, 0) is 44.8 Å². The van der Waals surface area contributed by atoms with Crippen molar-refractivity contribution >= 4 is 17.6 Å². The summed E-state index contributed by atoms with van der Waals surface area (Å²) in [6, 6.07) is 6.27. The Kier molecular flexibility index (Phi) is 4.01. The number of hydrogen-bond acceptors (Lipinski definition) is 5. The van der Waals surface area contributed by atoms with Gasteiger partial charge < -0.3 is 20.1 Å². The van der Waals surface area contributed by atoms with Gasteiger partial charge in [-0.25, -0.2) is 14.7 Å². The molecule has 2 aliphatic heterocycles. The van der Waals surface area contributed by atoms with Crippen LogP contribution in [0.5, 0.6) is 0 Å². The third-order valence-electron chi connectivity index (χ3n) is 4.92. The number of fused-ring (bicyclic) bond motifs is 1. The summed E-state index contributed by atoms with van der Waals surface area (Å²) in [5.41, 5.74) is 7.50. The fourth-order valence-electron chi connectivity index (χ4n) is 3.67. The van der Waals surface area contributed by atoms with E-state index in [1.807, 2.05) is 41.9 Å². The van der Waals surface area contributed by atoms with Gasteiger partial charge in [-0.15, -0.1) is 0 Å². The largest absolute Gasteiger partial charge is 0.332 e. The molecule has 2 aromatic rings. The van der Waals surface area contributed by atoms with Crippen LogP contribution in [-0.4, -0.2) is 64.0 Å². The van der Waals surface area contributed by atoms with Crippen LogP contribution >= 0.6 is 0 Å². The second-order valence-corrected chi connectivity index (χ2v) is 7.01. The second-order valence-electron chi connectivity index (χ2n) is 7.01. The highest BCUT2D eigenvalue weighted by Gasteiger charge is 2.51. The summed E-state index contributed by atoms with van der Waals surface area (Å²) >= 11 is 0. The summed E-state index contributed by atoms with van der Waals surface area (Å²) < 4.78 is 1.99. The van der Waals surface area contributed by atoms with E-state index in [1.54, 1.807) is 23.2 Å². The molecule has 2 aliphatic rings. The van der Waals surface area contributed by atoms with Gasteiger partial charge in [-0.3, -0.25) is 4.79 Å². The quantitative estimate of drug-likeness (QED) is 0.821. The van der Waals surface area contributed by atoms with E-state index in [0.29, 0.717) is 25.2 Å². The van der Waals surface area contributed by atoms with Gasteiger partial charge in [-0.1, -0.05) is 0 Å². The van der Waals surface area contributed by atoms with Crippen molar-refractivity contribution in [2.45, 2.75) is 25.0 Å². The van der Waals surface area contributed by atoms with Crippen LogP contribution in [0.3, 0.4) is 0 Å². The molecule has 1 aromatic heterocycles. The number of aromatic nitrogens is 2. The number of hydrogen-bond donors (Lipinski definition) is 1. The molecule has 0 unspecified atom stereocenters. The van der Waals surface area contributed by atoms with Crippen LogP contribution < -0.4 is 10.6 Å². The van der Waals surface area contributed by atoms with Crippen molar-refractivity contribution in [3.8, 4) is 5.69 Å². The predicted molar refractivity (Wildman–Crippen MR) is 96.9 cm³/mol. The van der Waals surface area contributed by atoms with E-state index in [0.717, 1.165) is 11.5 Å². The first-order valence-corrected chi connectivity index (χ1v) is 8.65. The van der Waals surface area contributed by atoms with E-state index in [9.17, 15) is 9.59 Å². The van der Waals surface area contributed by atoms with Crippen LogP contribution in [0.4, 0.5) is 10.5 Å². The van der Waals surface area contributed by atoms with Gasteiger partial charge in [0, 0.05) is 30.7 Å². The van der Waals surface area contributed by atoms with Crippen molar-refractivity contribution < 1.29 is 9.59 Å². The Morgan fingerprint density at radius 3 is 2.54 bits per heavy atom. The van der Waals surface area contributed by atoms with Gasteiger partial charge in [0.15, 0.2) is 0 Å². The normalized spacial score (nSPS) is 22.6. The SMILES string of the molecule is CN(C)Cc1nccn1-c1ccc(N2C(=O)[C@@H]3[C@H](N)CCN3C2=O)cc1. The van der Waals surface area contributed by atoms with Crippen LogP contribution in [0.25, 0.3) is 5.69 Å². The lowest BCUT2D eigenvalue weighted by Gasteiger charge is -2.17. The smallest absolute Gasteiger partial charge is 0.325 e. The molecule has 3 heterocycles. The maximum Gasteiger partial charge on any atom is 0.332 e. The minimum Gasteiger partial charge on any atom is -0.325 e. The highest BCUT2D eigenvalue weighted by atomic mass is 16.2. The summed E-state index contributed by atoms with van der Waals surface area (Å²) in [6.45, 7) is 1.25. The molecule has 0 saturated carbocycles. The molecule has 2 N–H and O–H groups in total.